The Morgan fingerprint density at radius 1 is 1.19 bits per heavy atom. The van der Waals surface area contributed by atoms with Crippen LogP contribution < -0.4 is 5.32 Å². The van der Waals surface area contributed by atoms with Gasteiger partial charge in [0.1, 0.15) is 5.54 Å². The van der Waals surface area contributed by atoms with Crippen molar-refractivity contribution in [2.24, 2.45) is 5.92 Å². The van der Waals surface area contributed by atoms with Gasteiger partial charge in [-0.05, 0) is 44.1 Å². The maximum atomic E-state index is 12.3. The largest absolute Gasteiger partial charge is 0.325 e. The SMILES string of the molecule is Cc1ccc(CN2C(=O)NC(=O)C23CCC(C)CC3)cc1. The lowest BCUT2D eigenvalue weighted by molar-refractivity contribution is -0.128. The van der Waals surface area contributed by atoms with Crippen molar-refractivity contribution in [2.75, 3.05) is 0 Å². The number of benzene rings is 1. The van der Waals surface area contributed by atoms with Crippen LogP contribution in [-0.2, 0) is 11.3 Å². The van der Waals surface area contributed by atoms with Gasteiger partial charge >= 0.3 is 6.03 Å². The standard InChI is InChI=1S/C17H22N2O2/c1-12-3-5-14(6-4-12)11-19-16(21)18-15(20)17(19)9-7-13(2)8-10-17/h3-6,13H,7-11H2,1-2H3,(H,18,20,21). The number of rotatable bonds is 2. The number of carbonyl (C=O) groups excluding carboxylic acids is 2. The van der Waals surface area contributed by atoms with Gasteiger partial charge in [-0.1, -0.05) is 36.8 Å². The average molecular weight is 286 g/mol. The van der Waals surface area contributed by atoms with Crippen LogP contribution in [0.1, 0.15) is 43.7 Å². The molecule has 0 atom stereocenters. The van der Waals surface area contributed by atoms with Crippen LogP contribution in [0.5, 0.6) is 0 Å². The molecule has 1 saturated carbocycles. The van der Waals surface area contributed by atoms with E-state index in [0.29, 0.717) is 12.5 Å². The third-order valence-corrected chi connectivity index (χ3v) is 4.97. The molecule has 1 spiro atoms. The van der Waals surface area contributed by atoms with Crippen LogP contribution in [0.15, 0.2) is 24.3 Å². The molecular weight excluding hydrogens is 264 g/mol. The molecule has 2 aliphatic rings. The van der Waals surface area contributed by atoms with Crippen LogP contribution in [0.3, 0.4) is 0 Å². The summed E-state index contributed by atoms with van der Waals surface area (Å²) in [5, 5.41) is 2.52. The van der Waals surface area contributed by atoms with Crippen molar-refractivity contribution in [1.82, 2.24) is 10.2 Å². The summed E-state index contributed by atoms with van der Waals surface area (Å²) >= 11 is 0. The maximum absolute atomic E-state index is 12.3. The monoisotopic (exact) mass is 286 g/mol. The summed E-state index contributed by atoms with van der Waals surface area (Å²) in [4.78, 5) is 26.3. The van der Waals surface area contributed by atoms with E-state index in [4.69, 9.17) is 0 Å². The quantitative estimate of drug-likeness (QED) is 0.850. The number of nitrogens with one attached hydrogen (secondary N) is 1. The predicted molar refractivity (Wildman–Crippen MR) is 80.6 cm³/mol. The number of nitrogens with zero attached hydrogens (tertiary/aromatic N) is 1. The van der Waals surface area contributed by atoms with E-state index in [1.54, 1.807) is 4.90 Å². The Bertz CT molecular complexity index is 557. The Morgan fingerprint density at radius 3 is 2.43 bits per heavy atom. The molecule has 112 valence electrons. The minimum atomic E-state index is -0.617. The molecule has 3 amide bonds. The van der Waals surface area contributed by atoms with Crippen LogP contribution in [0.4, 0.5) is 4.79 Å². The average Bonchev–Trinajstić information content (AvgIpc) is 2.68. The summed E-state index contributed by atoms with van der Waals surface area (Å²) < 4.78 is 0. The fraction of sp³-hybridized carbons (Fsp3) is 0.529. The zero-order valence-electron chi connectivity index (χ0n) is 12.7. The molecule has 0 bridgehead atoms. The van der Waals surface area contributed by atoms with Gasteiger partial charge < -0.3 is 4.90 Å². The fourth-order valence-electron chi connectivity index (χ4n) is 3.43. The van der Waals surface area contributed by atoms with E-state index >= 15 is 0 Å². The Balaban J connectivity index is 1.85. The van der Waals surface area contributed by atoms with Gasteiger partial charge in [-0.2, -0.15) is 0 Å². The molecule has 0 radical (unpaired) electrons. The maximum Gasteiger partial charge on any atom is 0.325 e. The number of hydrogen-bond acceptors (Lipinski definition) is 2. The number of urea groups is 1. The van der Waals surface area contributed by atoms with Crippen molar-refractivity contribution in [1.29, 1.82) is 0 Å². The highest BCUT2D eigenvalue weighted by Gasteiger charge is 2.53. The molecule has 1 aromatic rings. The molecule has 1 saturated heterocycles. The van der Waals surface area contributed by atoms with Crippen LogP contribution in [0, 0.1) is 12.8 Å². The first-order chi connectivity index (χ1) is 10.0. The van der Waals surface area contributed by atoms with E-state index in [0.717, 1.165) is 31.2 Å². The lowest BCUT2D eigenvalue weighted by Crippen LogP contribution is -2.51. The smallest absolute Gasteiger partial charge is 0.305 e. The molecule has 21 heavy (non-hydrogen) atoms. The molecule has 0 aromatic heterocycles. The van der Waals surface area contributed by atoms with Crippen molar-refractivity contribution in [3.63, 3.8) is 0 Å². The van der Waals surface area contributed by atoms with Gasteiger partial charge in [0.25, 0.3) is 5.91 Å². The Labute approximate surface area is 125 Å². The summed E-state index contributed by atoms with van der Waals surface area (Å²) in [6.45, 7) is 4.76. The van der Waals surface area contributed by atoms with Crippen molar-refractivity contribution in [3.05, 3.63) is 35.4 Å². The summed E-state index contributed by atoms with van der Waals surface area (Å²) in [5.74, 6) is 0.534. The molecule has 4 heteroatoms. The molecule has 1 N–H and O–H groups in total. The van der Waals surface area contributed by atoms with Gasteiger partial charge in [-0.15, -0.1) is 0 Å². The van der Waals surface area contributed by atoms with E-state index in [-0.39, 0.29) is 11.9 Å². The third-order valence-electron chi connectivity index (χ3n) is 4.97. The summed E-state index contributed by atoms with van der Waals surface area (Å²) in [6, 6.07) is 7.91. The Morgan fingerprint density at radius 2 is 1.81 bits per heavy atom. The molecule has 1 aromatic carbocycles. The van der Waals surface area contributed by atoms with Crippen molar-refractivity contribution in [2.45, 2.75) is 51.6 Å². The van der Waals surface area contributed by atoms with E-state index in [2.05, 4.69) is 12.2 Å². The van der Waals surface area contributed by atoms with Gasteiger partial charge in [0, 0.05) is 6.54 Å². The lowest BCUT2D eigenvalue weighted by atomic mass is 9.76. The van der Waals surface area contributed by atoms with Crippen molar-refractivity contribution in [3.8, 4) is 0 Å². The molecule has 1 aliphatic heterocycles. The van der Waals surface area contributed by atoms with E-state index < -0.39 is 5.54 Å². The highest BCUT2D eigenvalue weighted by molar-refractivity contribution is 6.07. The van der Waals surface area contributed by atoms with E-state index in [1.807, 2.05) is 31.2 Å². The van der Waals surface area contributed by atoms with Crippen LogP contribution >= 0.6 is 0 Å². The first-order valence-electron chi connectivity index (χ1n) is 7.70. The number of imide groups is 1. The van der Waals surface area contributed by atoms with Crippen molar-refractivity contribution < 1.29 is 9.59 Å². The zero-order chi connectivity index (χ0) is 15.0. The minimum absolute atomic E-state index is 0.105. The van der Waals surface area contributed by atoms with Gasteiger partial charge in [0.15, 0.2) is 0 Å². The Hall–Kier alpha value is -1.84. The second kappa shape index (κ2) is 5.17. The van der Waals surface area contributed by atoms with Gasteiger partial charge in [-0.25, -0.2) is 4.79 Å². The second-order valence-electron chi connectivity index (χ2n) is 6.55. The number of aryl methyl sites for hydroxylation is 1. The first-order valence-corrected chi connectivity index (χ1v) is 7.70. The highest BCUT2D eigenvalue weighted by atomic mass is 16.2. The summed E-state index contributed by atoms with van der Waals surface area (Å²) in [7, 11) is 0. The van der Waals surface area contributed by atoms with E-state index in [9.17, 15) is 9.59 Å². The number of hydrogen-bond donors (Lipinski definition) is 1. The fourth-order valence-corrected chi connectivity index (χ4v) is 3.43. The van der Waals surface area contributed by atoms with Gasteiger partial charge in [-0.3, -0.25) is 10.1 Å². The predicted octanol–water partition coefficient (Wildman–Crippen LogP) is 3.00. The Kier molecular flexibility index (Phi) is 3.47. The molecular formula is C17H22N2O2. The second-order valence-corrected chi connectivity index (χ2v) is 6.55. The molecule has 1 heterocycles. The first kappa shape index (κ1) is 14.1. The minimum Gasteiger partial charge on any atom is -0.305 e. The topological polar surface area (TPSA) is 49.4 Å². The number of amides is 3. The van der Waals surface area contributed by atoms with Crippen molar-refractivity contribution >= 4 is 11.9 Å². The lowest BCUT2D eigenvalue weighted by Gasteiger charge is -2.40. The zero-order valence-corrected chi connectivity index (χ0v) is 12.7. The third kappa shape index (κ3) is 2.43. The normalized spacial score (nSPS) is 29.0. The van der Waals surface area contributed by atoms with Crippen LogP contribution in [0.25, 0.3) is 0 Å². The van der Waals surface area contributed by atoms with Crippen LogP contribution in [0.2, 0.25) is 0 Å². The van der Waals surface area contributed by atoms with E-state index in [1.165, 1.54) is 5.56 Å². The summed E-state index contributed by atoms with van der Waals surface area (Å²) in [6.07, 6.45) is 3.56. The highest BCUT2D eigenvalue weighted by Crippen LogP contribution is 2.40. The van der Waals surface area contributed by atoms with Gasteiger partial charge in [0.05, 0.1) is 0 Å². The summed E-state index contributed by atoms with van der Waals surface area (Å²) in [5.41, 5.74) is 1.65. The number of carbonyl (C=O) groups is 2. The molecule has 1 aliphatic carbocycles. The molecule has 0 unspecified atom stereocenters. The van der Waals surface area contributed by atoms with Crippen LogP contribution in [-0.4, -0.2) is 22.4 Å². The molecule has 4 nitrogen and oxygen atoms in total. The molecule has 2 fully saturated rings. The molecule has 3 rings (SSSR count). The van der Waals surface area contributed by atoms with Gasteiger partial charge in [0.2, 0.25) is 0 Å².